The molecule has 0 spiro atoms. The van der Waals surface area contributed by atoms with Gasteiger partial charge in [-0.3, -0.25) is 0 Å². The van der Waals surface area contributed by atoms with Crippen LogP contribution >= 0.6 is 0 Å². The number of nitrogens with two attached hydrogens (primary N) is 1. The number of aromatic nitrogens is 2. The highest BCUT2D eigenvalue weighted by Gasteiger charge is 2.16. The third-order valence-corrected chi connectivity index (χ3v) is 3.83. The Hall–Kier alpha value is -3.59. The fourth-order valence-corrected chi connectivity index (χ4v) is 2.46. The largest absolute Gasteiger partial charge is 0.491 e. The molecule has 1 heterocycles. The minimum absolute atomic E-state index is 0.0375. The van der Waals surface area contributed by atoms with Gasteiger partial charge in [-0.2, -0.15) is 14.4 Å². The van der Waals surface area contributed by atoms with Crippen LogP contribution in [0.1, 0.15) is 0 Å². The molecule has 2 aromatic carbocycles. The summed E-state index contributed by atoms with van der Waals surface area (Å²) in [5.41, 5.74) is 7.60. The van der Waals surface area contributed by atoms with Crippen molar-refractivity contribution in [2.45, 2.75) is 0 Å². The number of hydrogen-bond donors (Lipinski definition) is 3. The molecule has 0 saturated carbocycles. The second-order valence-corrected chi connectivity index (χ2v) is 5.96. The van der Waals surface area contributed by atoms with E-state index in [1.807, 2.05) is 0 Å². The van der Waals surface area contributed by atoms with Crippen molar-refractivity contribution in [3.05, 3.63) is 54.3 Å². The quantitative estimate of drug-likeness (QED) is 0.369. The molecule has 3 aromatic rings. The molecule has 0 atom stereocenters. The summed E-state index contributed by atoms with van der Waals surface area (Å²) in [4.78, 5) is 8.26. The molecule has 3 rings (SSSR count). The predicted molar refractivity (Wildman–Crippen MR) is 110 cm³/mol. The van der Waals surface area contributed by atoms with E-state index in [1.165, 1.54) is 7.11 Å². The number of nitrogen functional groups attached to an aromatic ring is 1. The normalized spacial score (nSPS) is 10.4. The third-order valence-electron chi connectivity index (χ3n) is 3.83. The summed E-state index contributed by atoms with van der Waals surface area (Å²) in [6.45, 7) is 0.965. The fraction of sp³-hybridized carbons (Fsp3) is 0.200. The van der Waals surface area contributed by atoms with Gasteiger partial charge in [0.05, 0.1) is 13.7 Å². The van der Waals surface area contributed by atoms with E-state index in [0.29, 0.717) is 36.0 Å². The Morgan fingerprint density at radius 1 is 0.966 bits per heavy atom. The number of halogens is 1. The zero-order valence-electron chi connectivity index (χ0n) is 16.1. The van der Waals surface area contributed by atoms with E-state index in [-0.39, 0.29) is 17.6 Å². The summed E-state index contributed by atoms with van der Waals surface area (Å²) in [7, 11) is 2.95. The summed E-state index contributed by atoms with van der Waals surface area (Å²) in [6.07, 6.45) is 0. The Balaban J connectivity index is 1.78. The van der Waals surface area contributed by atoms with Gasteiger partial charge in [0.15, 0.2) is 5.82 Å². The Bertz CT molecular complexity index is 953. The molecule has 1 aromatic heterocycles. The lowest BCUT2D eigenvalue weighted by atomic mass is 10.3. The molecule has 0 bridgehead atoms. The van der Waals surface area contributed by atoms with Crippen molar-refractivity contribution in [2.75, 3.05) is 43.8 Å². The Morgan fingerprint density at radius 3 is 2.45 bits per heavy atom. The molecule has 152 valence electrons. The lowest BCUT2D eigenvalue weighted by Crippen LogP contribution is -2.06. The summed E-state index contributed by atoms with van der Waals surface area (Å²) < 4.78 is 30.1. The van der Waals surface area contributed by atoms with Crippen LogP contribution in [0.4, 0.5) is 33.2 Å². The number of methoxy groups -OCH3 is 2. The van der Waals surface area contributed by atoms with Crippen molar-refractivity contribution >= 4 is 28.8 Å². The molecule has 0 saturated heterocycles. The molecule has 0 aliphatic rings. The van der Waals surface area contributed by atoms with Gasteiger partial charge in [0.1, 0.15) is 12.4 Å². The molecule has 0 aliphatic heterocycles. The van der Waals surface area contributed by atoms with Gasteiger partial charge in [-0.15, -0.1) is 0 Å². The van der Waals surface area contributed by atoms with Crippen LogP contribution < -0.4 is 25.8 Å². The minimum Gasteiger partial charge on any atom is -0.491 e. The summed E-state index contributed by atoms with van der Waals surface area (Å²) in [5, 5.41) is 5.92. The molecule has 0 aliphatic carbocycles. The number of rotatable bonds is 9. The van der Waals surface area contributed by atoms with Crippen LogP contribution in [0.3, 0.4) is 0 Å². The molecule has 0 radical (unpaired) electrons. The predicted octanol–water partition coefficient (Wildman–Crippen LogP) is 3.72. The first-order valence-electron chi connectivity index (χ1n) is 8.82. The molecule has 29 heavy (non-hydrogen) atoms. The van der Waals surface area contributed by atoms with Crippen molar-refractivity contribution < 1.29 is 18.6 Å². The number of nitrogens with one attached hydrogen (secondary N) is 2. The van der Waals surface area contributed by atoms with Crippen LogP contribution in [-0.4, -0.2) is 37.4 Å². The van der Waals surface area contributed by atoms with Gasteiger partial charge in [-0.25, -0.2) is 0 Å². The van der Waals surface area contributed by atoms with Crippen LogP contribution in [0.5, 0.6) is 11.6 Å². The second kappa shape index (κ2) is 9.56. The number of hydrogen-bond acceptors (Lipinski definition) is 8. The standard InChI is InChI=1S/C20H22FN5O3/c1-27-10-11-29-16-8-6-14(7-9-16)24-20-25-18(17(21)19(26-20)28-2)23-15-5-3-4-13(22)12-15/h3-9,12H,10-11,22H2,1-2H3,(H2,23,24,25,26). The molecule has 9 heteroatoms. The average Bonchev–Trinajstić information content (AvgIpc) is 2.72. The van der Waals surface area contributed by atoms with E-state index in [9.17, 15) is 4.39 Å². The van der Waals surface area contributed by atoms with Crippen LogP contribution in [-0.2, 0) is 4.74 Å². The highest BCUT2D eigenvalue weighted by atomic mass is 19.1. The Labute approximate surface area is 167 Å². The van der Waals surface area contributed by atoms with Gasteiger partial charge < -0.3 is 30.6 Å². The molecule has 0 unspecified atom stereocenters. The van der Waals surface area contributed by atoms with Gasteiger partial charge in [-0.1, -0.05) is 6.07 Å². The van der Waals surface area contributed by atoms with Gasteiger partial charge >= 0.3 is 0 Å². The van der Waals surface area contributed by atoms with Crippen molar-refractivity contribution in [1.29, 1.82) is 0 Å². The zero-order valence-corrected chi connectivity index (χ0v) is 16.1. The van der Waals surface area contributed by atoms with E-state index in [2.05, 4.69) is 20.6 Å². The molecule has 0 fully saturated rings. The van der Waals surface area contributed by atoms with Gasteiger partial charge in [-0.05, 0) is 42.5 Å². The maximum absolute atomic E-state index is 14.6. The Kier molecular flexibility index (Phi) is 6.64. The summed E-state index contributed by atoms with van der Waals surface area (Å²) in [6, 6.07) is 14.1. The molecule has 4 N–H and O–H groups in total. The monoisotopic (exact) mass is 399 g/mol. The first-order chi connectivity index (χ1) is 14.1. The van der Waals surface area contributed by atoms with Crippen LogP contribution in [0.2, 0.25) is 0 Å². The minimum atomic E-state index is -0.706. The van der Waals surface area contributed by atoms with Gasteiger partial charge in [0, 0.05) is 24.2 Å². The van der Waals surface area contributed by atoms with E-state index >= 15 is 0 Å². The molecular formula is C20H22FN5O3. The van der Waals surface area contributed by atoms with Gasteiger partial charge in [0.25, 0.3) is 5.88 Å². The third kappa shape index (κ3) is 5.45. The lowest BCUT2D eigenvalue weighted by molar-refractivity contribution is 0.146. The van der Waals surface area contributed by atoms with Crippen molar-refractivity contribution in [3.63, 3.8) is 0 Å². The van der Waals surface area contributed by atoms with Crippen LogP contribution in [0.15, 0.2) is 48.5 Å². The maximum Gasteiger partial charge on any atom is 0.257 e. The van der Waals surface area contributed by atoms with Crippen molar-refractivity contribution in [3.8, 4) is 11.6 Å². The number of benzene rings is 2. The summed E-state index contributed by atoms with van der Waals surface area (Å²) in [5.74, 6) is -0.0582. The SMILES string of the molecule is COCCOc1ccc(Nc2nc(Nc3cccc(N)c3)c(F)c(OC)n2)cc1. The highest BCUT2D eigenvalue weighted by Crippen LogP contribution is 2.27. The van der Waals surface area contributed by atoms with E-state index in [4.69, 9.17) is 19.9 Å². The zero-order chi connectivity index (χ0) is 20.6. The smallest absolute Gasteiger partial charge is 0.257 e. The highest BCUT2D eigenvalue weighted by molar-refractivity contribution is 5.64. The lowest BCUT2D eigenvalue weighted by Gasteiger charge is -2.13. The molecule has 0 amide bonds. The van der Waals surface area contributed by atoms with Crippen LogP contribution in [0, 0.1) is 5.82 Å². The van der Waals surface area contributed by atoms with Gasteiger partial charge in [0.2, 0.25) is 11.8 Å². The fourth-order valence-electron chi connectivity index (χ4n) is 2.46. The number of nitrogens with zero attached hydrogens (tertiary/aromatic N) is 2. The Morgan fingerprint density at radius 2 is 1.76 bits per heavy atom. The van der Waals surface area contributed by atoms with E-state index in [1.54, 1.807) is 55.6 Å². The molecular weight excluding hydrogens is 377 g/mol. The van der Waals surface area contributed by atoms with Crippen molar-refractivity contribution in [1.82, 2.24) is 9.97 Å². The van der Waals surface area contributed by atoms with Crippen molar-refractivity contribution in [2.24, 2.45) is 0 Å². The second-order valence-electron chi connectivity index (χ2n) is 5.96. The van der Waals surface area contributed by atoms with E-state index < -0.39 is 5.82 Å². The maximum atomic E-state index is 14.6. The summed E-state index contributed by atoms with van der Waals surface area (Å²) >= 11 is 0. The molecule has 8 nitrogen and oxygen atoms in total. The van der Waals surface area contributed by atoms with E-state index in [0.717, 1.165) is 0 Å². The van der Waals surface area contributed by atoms with Crippen LogP contribution in [0.25, 0.3) is 0 Å². The first-order valence-corrected chi connectivity index (χ1v) is 8.82. The number of ether oxygens (including phenoxy) is 3. The number of anilines is 5. The topological polar surface area (TPSA) is 104 Å². The average molecular weight is 399 g/mol. The first kappa shape index (κ1) is 20.2.